The largest absolute Gasteiger partial charge is 0.355 e. The molecular formula is C14H20Cl2N2O. The predicted molar refractivity (Wildman–Crippen MR) is 81.0 cm³/mol. The molecule has 0 saturated carbocycles. The van der Waals surface area contributed by atoms with Crippen molar-refractivity contribution in [3.05, 3.63) is 34.9 Å². The molecule has 106 valence electrons. The fraction of sp³-hybridized carbons (Fsp3) is 0.500. The Morgan fingerprint density at radius 3 is 2.89 bits per heavy atom. The molecule has 1 heterocycles. The number of benzene rings is 1. The predicted octanol–water partition coefficient (Wildman–Crippen LogP) is 2.42. The molecule has 5 heteroatoms. The highest BCUT2D eigenvalue weighted by molar-refractivity contribution is 6.31. The minimum absolute atomic E-state index is 0. The van der Waals surface area contributed by atoms with E-state index in [0.717, 1.165) is 42.9 Å². The van der Waals surface area contributed by atoms with Gasteiger partial charge in [-0.25, -0.2) is 0 Å². The summed E-state index contributed by atoms with van der Waals surface area (Å²) in [6.07, 6.45) is 2.86. The van der Waals surface area contributed by atoms with Crippen LogP contribution in [-0.2, 0) is 11.2 Å². The molecule has 0 aliphatic carbocycles. The molecule has 1 atom stereocenters. The molecule has 0 bridgehead atoms. The molecule has 2 N–H and O–H groups in total. The van der Waals surface area contributed by atoms with Crippen LogP contribution < -0.4 is 10.6 Å². The quantitative estimate of drug-likeness (QED) is 0.897. The standard InChI is InChI=1S/C14H19ClN2O.ClH/c15-13-6-2-1-4-11(13)7-9-17-14(18)12-5-3-8-16-10-12;/h1-2,4,6,12,16H,3,5,7-10H2,(H,17,18);1H. The normalized spacial score (nSPS) is 18.5. The summed E-state index contributed by atoms with van der Waals surface area (Å²) in [5.74, 6) is 0.291. The molecule has 2 rings (SSSR count). The number of carbonyl (C=O) groups is 1. The highest BCUT2D eigenvalue weighted by Crippen LogP contribution is 2.15. The summed E-state index contributed by atoms with van der Waals surface area (Å²) < 4.78 is 0. The lowest BCUT2D eigenvalue weighted by Crippen LogP contribution is -2.41. The van der Waals surface area contributed by atoms with E-state index in [-0.39, 0.29) is 24.2 Å². The van der Waals surface area contributed by atoms with E-state index in [1.807, 2.05) is 24.3 Å². The maximum atomic E-state index is 11.9. The molecule has 1 fully saturated rings. The molecule has 1 saturated heterocycles. The van der Waals surface area contributed by atoms with Gasteiger partial charge in [0.25, 0.3) is 0 Å². The van der Waals surface area contributed by atoms with E-state index in [2.05, 4.69) is 10.6 Å². The first-order chi connectivity index (χ1) is 8.77. The first-order valence-electron chi connectivity index (χ1n) is 6.49. The van der Waals surface area contributed by atoms with Crippen LogP contribution in [0.2, 0.25) is 5.02 Å². The zero-order valence-electron chi connectivity index (χ0n) is 10.8. The van der Waals surface area contributed by atoms with Crippen LogP contribution in [0.5, 0.6) is 0 Å². The molecule has 1 unspecified atom stereocenters. The van der Waals surface area contributed by atoms with Gasteiger partial charge in [0.1, 0.15) is 0 Å². The Labute approximate surface area is 125 Å². The minimum Gasteiger partial charge on any atom is -0.355 e. The van der Waals surface area contributed by atoms with E-state index >= 15 is 0 Å². The zero-order chi connectivity index (χ0) is 12.8. The van der Waals surface area contributed by atoms with E-state index in [1.54, 1.807) is 0 Å². The lowest BCUT2D eigenvalue weighted by molar-refractivity contribution is -0.125. The summed E-state index contributed by atoms with van der Waals surface area (Å²) >= 11 is 6.07. The maximum absolute atomic E-state index is 11.9. The van der Waals surface area contributed by atoms with Crippen LogP contribution >= 0.6 is 24.0 Å². The second-order valence-electron chi connectivity index (χ2n) is 4.68. The van der Waals surface area contributed by atoms with Gasteiger partial charge in [-0.3, -0.25) is 4.79 Å². The second kappa shape index (κ2) is 8.41. The Kier molecular flexibility index (Phi) is 7.21. The van der Waals surface area contributed by atoms with Crippen LogP contribution in [0, 0.1) is 5.92 Å². The fourth-order valence-corrected chi connectivity index (χ4v) is 2.47. The van der Waals surface area contributed by atoms with Crippen molar-refractivity contribution in [2.75, 3.05) is 19.6 Å². The molecule has 19 heavy (non-hydrogen) atoms. The molecule has 1 aromatic rings. The highest BCUT2D eigenvalue weighted by atomic mass is 35.5. The number of rotatable bonds is 4. The number of halogens is 2. The molecular weight excluding hydrogens is 283 g/mol. The SMILES string of the molecule is Cl.O=C(NCCc1ccccc1Cl)C1CCCNC1. The topological polar surface area (TPSA) is 41.1 Å². The van der Waals surface area contributed by atoms with Crippen molar-refractivity contribution < 1.29 is 4.79 Å². The van der Waals surface area contributed by atoms with Gasteiger partial charge in [0, 0.05) is 18.1 Å². The second-order valence-corrected chi connectivity index (χ2v) is 5.08. The molecule has 1 aromatic carbocycles. The fourth-order valence-electron chi connectivity index (χ4n) is 2.24. The minimum atomic E-state index is 0. The molecule has 0 aromatic heterocycles. The van der Waals surface area contributed by atoms with Crippen LogP contribution in [0.4, 0.5) is 0 Å². The van der Waals surface area contributed by atoms with Crippen molar-refractivity contribution in [2.45, 2.75) is 19.3 Å². The number of piperidine rings is 1. The van der Waals surface area contributed by atoms with Crippen molar-refractivity contribution in [3.8, 4) is 0 Å². The van der Waals surface area contributed by atoms with Gasteiger partial charge in [-0.1, -0.05) is 29.8 Å². The van der Waals surface area contributed by atoms with Gasteiger partial charge >= 0.3 is 0 Å². The first kappa shape index (κ1) is 16.3. The van der Waals surface area contributed by atoms with Crippen LogP contribution in [0.25, 0.3) is 0 Å². The summed E-state index contributed by atoms with van der Waals surface area (Å²) in [7, 11) is 0. The smallest absolute Gasteiger partial charge is 0.224 e. The van der Waals surface area contributed by atoms with Gasteiger partial charge < -0.3 is 10.6 Å². The Hall–Kier alpha value is -0.770. The van der Waals surface area contributed by atoms with E-state index in [0.29, 0.717) is 6.54 Å². The van der Waals surface area contributed by atoms with Gasteiger partial charge in [0.05, 0.1) is 5.92 Å². The summed E-state index contributed by atoms with van der Waals surface area (Å²) in [4.78, 5) is 11.9. The van der Waals surface area contributed by atoms with Gasteiger partial charge in [0.15, 0.2) is 0 Å². The lowest BCUT2D eigenvalue weighted by atomic mass is 9.99. The monoisotopic (exact) mass is 302 g/mol. The van der Waals surface area contributed by atoms with Crippen molar-refractivity contribution in [1.82, 2.24) is 10.6 Å². The summed E-state index contributed by atoms with van der Waals surface area (Å²) in [6, 6.07) is 7.76. The number of amides is 1. The van der Waals surface area contributed by atoms with Crippen LogP contribution in [0.15, 0.2) is 24.3 Å². The van der Waals surface area contributed by atoms with Crippen LogP contribution in [0.1, 0.15) is 18.4 Å². The number of carbonyl (C=O) groups excluding carboxylic acids is 1. The maximum Gasteiger partial charge on any atom is 0.224 e. The summed E-state index contributed by atoms with van der Waals surface area (Å²) in [5.41, 5.74) is 1.08. The molecule has 0 spiro atoms. The van der Waals surface area contributed by atoms with Gasteiger partial charge in [-0.2, -0.15) is 0 Å². The number of hydrogen-bond donors (Lipinski definition) is 2. The van der Waals surface area contributed by atoms with E-state index in [9.17, 15) is 4.79 Å². The first-order valence-corrected chi connectivity index (χ1v) is 6.87. The summed E-state index contributed by atoms with van der Waals surface area (Å²) in [5, 5.41) is 7.01. The van der Waals surface area contributed by atoms with Gasteiger partial charge in [-0.15, -0.1) is 12.4 Å². The van der Waals surface area contributed by atoms with E-state index in [4.69, 9.17) is 11.6 Å². The van der Waals surface area contributed by atoms with Gasteiger partial charge in [-0.05, 0) is 37.4 Å². The third-order valence-electron chi connectivity index (χ3n) is 3.32. The van der Waals surface area contributed by atoms with Crippen molar-refractivity contribution in [1.29, 1.82) is 0 Å². The molecule has 3 nitrogen and oxygen atoms in total. The molecule has 1 aliphatic rings. The Balaban J connectivity index is 0.00000180. The zero-order valence-corrected chi connectivity index (χ0v) is 12.4. The lowest BCUT2D eigenvalue weighted by Gasteiger charge is -2.21. The van der Waals surface area contributed by atoms with Crippen molar-refractivity contribution in [2.24, 2.45) is 5.92 Å². The average Bonchev–Trinajstić information content (AvgIpc) is 2.42. The number of hydrogen-bond acceptors (Lipinski definition) is 2. The molecule has 1 aliphatic heterocycles. The Morgan fingerprint density at radius 2 is 2.21 bits per heavy atom. The Bertz CT molecular complexity index is 406. The molecule has 0 radical (unpaired) electrons. The van der Waals surface area contributed by atoms with Crippen LogP contribution in [-0.4, -0.2) is 25.5 Å². The molecule has 1 amide bonds. The number of nitrogens with one attached hydrogen (secondary N) is 2. The average molecular weight is 303 g/mol. The third kappa shape index (κ3) is 5.01. The van der Waals surface area contributed by atoms with Crippen molar-refractivity contribution in [3.63, 3.8) is 0 Å². The van der Waals surface area contributed by atoms with Crippen LogP contribution in [0.3, 0.4) is 0 Å². The summed E-state index contributed by atoms with van der Waals surface area (Å²) in [6.45, 7) is 2.49. The van der Waals surface area contributed by atoms with E-state index < -0.39 is 0 Å². The van der Waals surface area contributed by atoms with Crippen molar-refractivity contribution >= 4 is 29.9 Å². The highest BCUT2D eigenvalue weighted by Gasteiger charge is 2.20. The van der Waals surface area contributed by atoms with E-state index in [1.165, 1.54) is 0 Å². The van der Waals surface area contributed by atoms with Gasteiger partial charge in [0.2, 0.25) is 5.91 Å². The third-order valence-corrected chi connectivity index (χ3v) is 3.69. The Morgan fingerprint density at radius 1 is 1.42 bits per heavy atom.